The molecule has 1 atom stereocenters. The van der Waals surface area contributed by atoms with Crippen molar-refractivity contribution in [2.75, 3.05) is 40.9 Å². The van der Waals surface area contributed by atoms with Gasteiger partial charge in [0.05, 0.1) is 27.7 Å². The first-order valence-corrected chi connectivity index (χ1v) is 12.7. The highest BCUT2D eigenvalue weighted by atomic mass is 31.2. The average molecular weight is 431 g/mol. The lowest BCUT2D eigenvalue weighted by Gasteiger charge is -2.56. The Bertz CT molecular complexity index is 583. The largest absolute Gasteiger partial charge is 0.756 e. The Balaban J connectivity index is 1.25. The van der Waals surface area contributed by atoms with Crippen LogP contribution in [0.2, 0.25) is 0 Å². The Labute approximate surface area is 175 Å². The van der Waals surface area contributed by atoms with E-state index >= 15 is 0 Å². The van der Waals surface area contributed by atoms with Gasteiger partial charge in [-0.1, -0.05) is 6.42 Å². The first kappa shape index (κ1) is 23.2. The lowest BCUT2D eigenvalue weighted by molar-refractivity contribution is -0.870. The van der Waals surface area contributed by atoms with Crippen molar-refractivity contribution >= 4 is 13.7 Å². The van der Waals surface area contributed by atoms with Gasteiger partial charge >= 0.3 is 0 Å². The average Bonchev–Trinajstić information content (AvgIpc) is 2.54. The molecule has 1 amide bonds. The Morgan fingerprint density at radius 1 is 1.00 bits per heavy atom. The number of amides is 1. The van der Waals surface area contributed by atoms with E-state index in [9.17, 15) is 14.3 Å². The van der Waals surface area contributed by atoms with Gasteiger partial charge in [0.1, 0.15) is 13.2 Å². The van der Waals surface area contributed by atoms with E-state index in [1.807, 2.05) is 21.1 Å². The van der Waals surface area contributed by atoms with Gasteiger partial charge in [0.2, 0.25) is 5.91 Å². The SMILES string of the molecule is C[N+](C)(C)CCOP(=O)([O-])OCCCCCC(=O)NC12CC3CC(CC(C3)C1)C2. The van der Waals surface area contributed by atoms with Gasteiger partial charge in [-0.3, -0.25) is 9.36 Å². The van der Waals surface area contributed by atoms with Gasteiger partial charge in [-0.15, -0.1) is 0 Å². The van der Waals surface area contributed by atoms with Crippen LogP contribution in [0.5, 0.6) is 0 Å². The number of unbranched alkanes of at least 4 members (excludes halogenated alkanes) is 2. The van der Waals surface area contributed by atoms with Crippen LogP contribution < -0.4 is 10.2 Å². The Morgan fingerprint density at radius 2 is 1.55 bits per heavy atom. The maximum absolute atomic E-state index is 12.5. The number of likely N-dealkylation sites (N-methyl/N-ethyl adjacent to an activating group) is 1. The Kier molecular flexibility index (Phi) is 7.49. The number of nitrogens with zero attached hydrogens (tertiary/aromatic N) is 1. The number of rotatable bonds is 12. The minimum atomic E-state index is -4.22. The zero-order chi connectivity index (χ0) is 21.1. The Hall–Kier alpha value is -0.460. The van der Waals surface area contributed by atoms with Crippen molar-refractivity contribution < 1.29 is 27.8 Å². The molecule has 4 bridgehead atoms. The molecule has 4 saturated carbocycles. The molecule has 0 aliphatic heterocycles. The molecule has 1 unspecified atom stereocenters. The van der Waals surface area contributed by atoms with E-state index in [1.54, 1.807) is 0 Å². The van der Waals surface area contributed by atoms with E-state index in [0.29, 0.717) is 23.9 Å². The second-order valence-corrected chi connectivity index (χ2v) is 12.1. The van der Waals surface area contributed by atoms with Crippen molar-refractivity contribution in [3.05, 3.63) is 0 Å². The second-order valence-electron chi connectivity index (χ2n) is 10.7. The summed E-state index contributed by atoms with van der Waals surface area (Å²) in [6.07, 6.45) is 10.3. The molecule has 4 aliphatic carbocycles. The fraction of sp³-hybridized carbons (Fsp3) is 0.952. The van der Waals surface area contributed by atoms with Crippen molar-refractivity contribution in [1.29, 1.82) is 0 Å². The van der Waals surface area contributed by atoms with Crippen LogP contribution in [-0.2, 0) is 18.4 Å². The van der Waals surface area contributed by atoms with Gasteiger partial charge in [-0.2, -0.15) is 0 Å². The highest BCUT2D eigenvalue weighted by Gasteiger charge is 2.51. The van der Waals surface area contributed by atoms with Crippen LogP contribution in [0.4, 0.5) is 0 Å². The van der Waals surface area contributed by atoms with Crippen LogP contribution in [0.1, 0.15) is 64.2 Å². The van der Waals surface area contributed by atoms with Gasteiger partial charge < -0.3 is 23.7 Å². The molecule has 0 radical (unpaired) electrons. The number of hydrogen-bond acceptors (Lipinski definition) is 5. The molecule has 29 heavy (non-hydrogen) atoms. The van der Waals surface area contributed by atoms with Crippen molar-refractivity contribution in [2.24, 2.45) is 17.8 Å². The molecule has 0 heterocycles. The minimum Gasteiger partial charge on any atom is -0.756 e. The predicted octanol–water partition coefficient (Wildman–Crippen LogP) is 2.84. The first-order valence-electron chi connectivity index (χ1n) is 11.3. The third-order valence-corrected chi connectivity index (χ3v) is 7.75. The van der Waals surface area contributed by atoms with Gasteiger partial charge in [-0.05, 0) is 69.1 Å². The monoisotopic (exact) mass is 430 g/mol. The third-order valence-electron chi connectivity index (χ3n) is 6.75. The summed E-state index contributed by atoms with van der Waals surface area (Å²) in [5.74, 6) is 2.63. The maximum atomic E-state index is 12.5. The van der Waals surface area contributed by atoms with E-state index in [2.05, 4.69) is 5.32 Å². The number of carbonyl (C=O) groups excluding carboxylic acids is 1. The molecule has 0 aromatic heterocycles. The molecular formula is C21H39N2O5P. The molecular weight excluding hydrogens is 391 g/mol. The molecule has 4 fully saturated rings. The quantitative estimate of drug-likeness (QED) is 0.292. The second kappa shape index (κ2) is 9.35. The van der Waals surface area contributed by atoms with E-state index < -0.39 is 7.82 Å². The Morgan fingerprint density at radius 3 is 2.10 bits per heavy atom. The molecule has 4 aliphatic rings. The first-order chi connectivity index (χ1) is 13.5. The van der Waals surface area contributed by atoms with Gasteiger partial charge in [-0.25, -0.2) is 0 Å². The third kappa shape index (κ3) is 7.32. The summed E-state index contributed by atoms with van der Waals surface area (Å²) < 4.78 is 22.1. The van der Waals surface area contributed by atoms with Crippen LogP contribution in [0.3, 0.4) is 0 Å². The highest BCUT2D eigenvalue weighted by Crippen LogP contribution is 2.55. The predicted molar refractivity (Wildman–Crippen MR) is 110 cm³/mol. The smallest absolute Gasteiger partial charge is 0.268 e. The van der Waals surface area contributed by atoms with E-state index in [-0.39, 0.29) is 24.7 Å². The summed E-state index contributed by atoms with van der Waals surface area (Å²) >= 11 is 0. The van der Waals surface area contributed by atoms with Gasteiger partial charge in [0, 0.05) is 12.0 Å². The van der Waals surface area contributed by atoms with Crippen molar-refractivity contribution in [3.8, 4) is 0 Å². The molecule has 0 aromatic rings. The molecule has 7 nitrogen and oxygen atoms in total. The highest BCUT2D eigenvalue weighted by molar-refractivity contribution is 7.45. The molecule has 4 rings (SSSR count). The lowest BCUT2D eigenvalue weighted by Crippen LogP contribution is -2.59. The number of hydrogen-bond donors (Lipinski definition) is 1. The zero-order valence-corrected chi connectivity index (χ0v) is 19.3. The van der Waals surface area contributed by atoms with Gasteiger partial charge in [0.25, 0.3) is 7.82 Å². The maximum Gasteiger partial charge on any atom is 0.268 e. The fourth-order valence-corrected chi connectivity index (χ4v) is 6.56. The normalized spacial score (nSPS) is 32.9. The van der Waals surface area contributed by atoms with Crippen LogP contribution in [0.15, 0.2) is 0 Å². The van der Waals surface area contributed by atoms with Crippen molar-refractivity contribution in [2.45, 2.75) is 69.7 Å². The topological polar surface area (TPSA) is 87.7 Å². The number of phosphoric ester groups is 1. The van der Waals surface area contributed by atoms with Crippen LogP contribution in [0.25, 0.3) is 0 Å². The summed E-state index contributed by atoms with van der Waals surface area (Å²) in [6.45, 7) is 0.824. The van der Waals surface area contributed by atoms with E-state index in [1.165, 1.54) is 38.5 Å². The summed E-state index contributed by atoms with van der Waals surface area (Å²) in [5, 5.41) is 3.39. The van der Waals surface area contributed by atoms with Crippen LogP contribution in [-0.4, -0.2) is 56.8 Å². The van der Waals surface area contributed by atoms with E-state index in [4.69, 9.17) is 9.05 Å². The number of phosphoric acid groups is 1. The van der Waals surface area contributed by atoms with Gasteiger partial charge in [0.15, 0.2) is 0 Å². The lowest BCUT2D eigenvalue weighted by atomic mass is 9.53. The molecule has 0 saturated heterocycles. The van der Waals surface area contributed by atoms with Crippen molar-refractivity contribution in [1.82, 2.24) is 5.32 Å². The number of quaternary nitrogens is 1. The fourth-order valence-electron chi connectivity index (χ4n) is 5.83. The molecule has 8 heteroatoms. The standard InChI is InChI=1S/C21H39N2O5P/c1-23(2,3)8-10-28-29(25,26)27-9-6-4-5-7-20(24)22-21-14-17-11-18(15-21)13-19(12-17)16-21/h17-19H,4-16H2,1-3H3,(H-,22,24,25,26). The number of carbonyl (C=O) groups is 1. The zero-order valence-electron chi connectivity index (χ0n) is 18.4. The summed E-state index contributed by atoms with van der Waals surface area (Å²) in [5.41, 5.74) is 0.0766. The summed E-state index contributed by atoms with van der Waals surface area (Å²) in [7, 11) is 1.69. The molecule has 0 aromatic carbocycles. The minimum absolute atomic E-state index is 0.0766. The van der Waals surface area contributed by atoms with Crippen LogP contribution in [0, 0.1) is 17.8 Å². The van der Waals surface area contributed by atoms with E-state index in [0.717, 1.165) is 30.6 Å². The molecule has 168 valence electrons. The summed E-state index contributed by atoms with van der Waals surface area (Å²) in [4.78, 5) is 24.2. The molecule has 1 N–H and O–H groups in total. The summed E-state index contributed by atoms with van der Waals surface area (Å²) in [6, 6.07) is 0. The van der Waals surface area contributed by atoms with Crippen LogP contribution >= 0.6 is 7.82 Å². The van der Waals surface area contributed by atoms with Crippen molar-refractivity contribution in [3.63, 3.8) is 0 Å². The number of nitrogens with one attached hydrogen (secondary N) is 1. The molecule has 0 spiro atoms.